The van der Waals surface area contributed by atoms with Crippen molar-refractivity contribution < 1.29 is 19.2 Å². The van der Waals surface area contributed by atoms with Gasteiger partial charge >= 0.3 is 5.97 Å². The normalized spacial score (nSPS) is 27.2. The number of nitrogens with one attached hydrogen (secondary N) is 1. The summed E-state index contributed by atoms with van der Waals surface area (Å²) in [5.41, 5.74) is 0.167. The van der Waals surface area contributed by atoms with Crippen LogP contribution in [0.2, 0.25) is 5.02 Å². The Morgan fingerprint density at radius 1 is 1.06 bits per heavy atom. The molecule has 0 saturated carbocycles. The molecular weight excluding hydrogens is 456 g/mol. The van der Waals surface area contributed by atoms with E-state index in [1.165, 1.54) is 0 Å². The lowest BCUT2D eigenvalue weighted by Crippen LogP contribution is -2.56. The van der Waals surface area contributed by atoms with E-state index in [1.807, 2.05) is 36.4 Å². The molecule has 1 fully saturated rings. The molecule has 8 heteroatoms. The van der Waals surface area contributed by atoms with Gasteiger partial charge in [0.15, 0.2) is 6.10 Å². The molecule has 0 aromatic heterocycles. The Balaban J connectivity index is 1.80. The molecule has 3 aromatic carbocycles. The number of fused-ring (bicyclic) bond motifs is 3. The Kier molecular flexibility index (Phi) is 5.75. The van der Waals surface area contributed by atoms with Gasteiger partial charge in [-0.15, -0.1) is 0 Å². The van der Waals surface area contributed by atoms with Gasteiger partial charge in [0.05, 0.1) is 12.5 Å². The Morgan fingerprint density at radius 2 is 1.74 bits per heavy atom. The van der Waals surface area contributed by atoms with Gasteiger partial charge in [-0.1, -0.05) is 72.3 Å². The summed E-state index contributed by atoms with van der Waals surface area (Å²) in [6.07, 6.45) is -0.962. The van der Waals surface area contributed by atoms with Crippen LogP contribution in [-0.4, -0.2) is 29.1 Å². The first kappa shape index (κ1) is 22.4. The third kappa shape index (κ3) is 3.35. The first-order valence-corrected chi connectivity index (χ1v) is 11.5. The second-order valence-corrected chi connectivity index (χ2v) is 8.89. The quantitative estimate of drug-likeness (QED) is 0.320. The molecule has 0 spiro atoms. The highest BCUT2D eigenvalue weighted by molar-refractivity contribution is 6.30. The minimum atomic E-state index is -1.74. The van der Waals surface area contributed by atoms with Crippen LogP contribution in [0.4, 0.5) is 0 Å². The number of carbonyl (C=O) groups is 1. The van der Waals surface area contributed by atoms with Crippen molar-refractivity contribution in [3.8, 4) is 5.75 Å². The van der Waals surface area contributed by atoms with E-state index in [1.54, 1.807) is 49.4 Å². The lowest BCUT2D eigenvalue weighted by atomic mass is 9.67. The molecule has 174 valence electrons. The standard InChI is InChI=1S/C26H23ClN2O5/c1-2-33-25(30)22-21-19-10-6-7-11-20(19)34-24(17-8-4-3-5-9-17)26(21,29(31)32)23(28-22)16-12-14-18(27)15-13-16/h3-15,21-24,28H,2H2,1H3/t21-,22+,23+,24-,26+/m0/s1. The van der Waals surface area contributed by atoms with Crippen LogP contribution in [0.1, 0.15) is 41.7 Å². The first-order chi connectivity index (χ1) is 16.5. The number of rotatable bonds is 5. The highest BCUT2D eigenvalue weighted by Crippen LogP contribution is 2.60. The molecule has 5 atom stereocenters. The molecule has 34 heavy (non-hydrogen) atoms. The van der Waals surface area contributed by atoms with Crippen LogP contribution >= 0.6 is 11.6 Å². The second-order valence-electron chi connectivity index (χ2n) is 8.45. The highest BCUT2D eigenvalue weighted by atomic mass is 35.5. The number of hydrogen-bond donors (Lipinski definition) is 1. The van der Waals surface area contributed by atoms with Crippen molar-refractivity contribution in [3.63, 3.8) is 0 Å². The van der Waals surface area contributed by atoms with Gasteiger partial charge in [0.1, 0.15) is 17.8 Å². The number of benzene rings is 3. The van der Waals surface area contributed by atoms with Gasteiger partial charge in [-0.25, -0.2) is 0 Å². The second kappa shape index (κ2) is 8.74. The van der Waals surface area contributed by atoms with Crippen molar-refractivity contribution in [1.82, 2.24) is 5.32 Å². The number of nitro groups is 1. The van der Waals surface area contributed by atoms with E-state index in [-0.39, 0.29) is 11.5 Å². The fourth-order valence-electron chi connectivity index (χ4n) is 5.40. The topological polar surface area (TPSA) is 90.7 Å². The van der Waals surface area contributed by atoms with Crippen LogP contribution in [0.15, 0.2) is 78.9 Å². The Labute approximate surface area is 201 Å². The van der Waals surface area contributed by atoms with Gasteiger partial charge in [0, 0.05) is 15.5 Å². The van der Waals surface area contributed by atoms with Crippen LogP contribution in [0.5, 0.6) is 5.75 Å². The van der Waals surface area contributed by atoms with Gasteiger partial charge in [0.25, 0.3) is 5.54 Å². The van der Waals surface area contributed by atoms with Crippen molar-refractivity contribution in [3.05, 3.63) is 111 Å². The molecule has 1 saturated heterocycles. The number of ether oxygens (including phenoxy) is 2. The highest BCUT2D eigenvalue weighted by Gasteiger charge is 2.74. The SMILES string of the molecule is CCOC(=O)[C@@H]1N[C@H](c2ccc(Cl)cc2)[C@@]2([N+](=O)[O-])[C@H](c3ccccc3)Oc3ccccc3[C@@H]12. The lowest BCUT2D eigenvalue weighted by Gasteiger charge is -2.42. The molecule has 1 N–H and O–H groups in total. The third-order valence-corrected chi connectivity index (χ3v) is 6.97. The van der Waals surface area contributed by atoms with Crippen molar-refractivity contribution in [2.24, 2.45) is 0 Å². The summed E-state index contributed by atoms with van der Waals surface area (Å²) in [5, 5.41) is 17.0. The summed E-state index contributed by atoms with van der Waals surface area (Å²) < 4.78 is 11.8. The zero-order valence-electron chi connectivity index (χ0n) is 18.4. The first-order valence-electron chi connectivity index (χ1n) is 11.1. The average Bonchev–Trinajstić information content (AvgIpc) is 3.23. The molecule has 0 amide bonds. The molecule has 0 aliphatic carbocycles. The van der Waals surface area contributed by atoms with Crippen molar-refractivity contribution in [2.45, 2.75) is 36.6 Å². The average molecular weight is 479 g/mol. The van der Waals surface area contributed by atoms with Crippen molar-refractivity contribution >= 4 is 17.6 Å². The zero-order valence-corrected chi connectivity index (χ0v) is 19.1. The summed E-state index contributed by atoms with van der Waals surface area (Å²) in [7, 11) is 0. The Bertz CT molecular complexity index is 1220. The van der Waals surface area contributed by atoms with Crippen LogP contribution in [0, 0.1) is 10.1 Å². The van der Waals surface area contributed by atoms with E-state index < -0.39 is 35.6 Å². The number of nitrogens with zero attached hydrogens (tertiary/aromatic N) is 1. The Morgan fingerprint density at radius 3 is 2.41 bits per heavy atom. The van der Waals surface area contributed by atoms with Crippen molar-refractivity contribution in [2.75, 3.05) is 6.61 Å². The molecule has 3 aromatic rings. The minimum Gasteiger partial charge on any atom is -0.478 e. The van der Waals surface area contributed by atoms with E-state index in [4.69, 9.17) is 21.1 Å². The summed E-state index contributed by atoms with van der Waals surface area (Å²) in [5.74, 6) is -0.845. The van der Waals surface area contributed by atoms with Gasteiger partial charge in [-0.2, -0.15) is 0 Å². The summed E-state index contributed by atoms with van der Waals surface area (Å²) >= 11 is 6.11. The molecule has 7 nitrogen and oxygen atoms in total. The van der Waals surface area contributed by atoms with E-state index in [9.17, 15) is 14.9 Å². The number of para-hydroxylation sites is 1. The summed E-state index contributed by atoms with van der Waals surface area (Å²) in [4.78, 5) is 26.1. The molecule has 2 heterocycles. The minimum absolute atomic E-state index is 0.168. The maximum atomic E-state index is 13.2. The molecular formula is C26H23ClN2O5. The van der Waals surface area contributed by atoms with E-state index in [0.717, 1.165) is 0 Å². The molecule has 5 rings (SSSR count). The number of hydrogen-bond acceptors (Lipinski definition) is 6. The molecule has 0 bridgehead atoms. The van der Waals surface area contributed by atoms with Crippen LogP contribution in [0.3, 0.4) is 0 Å². The van der Waals surface area contributed by atoms with E-state index >= 15 is 0 Å². The third-order valence-electron chi connectivity index (χ3n) is 6.72. The van der Waals surface area contributed by atoms with E-state index in [0.29, 0.717) is 27.5 Å². The number of carbonyl (C=O) groups excluding carboxylic acids is 1. The summed E-state index contributed by atoms with van der Waals surface area (Å²) in [6.45, 7) is 1.88. The smallest absolute Gasteiger partial charge is 0.324 e. The van der Waals surface area contributed by atoms with Gasteiger partial charge < -0.3 is 9.47 Å². The monoisotopic (exact) mass is 478 g/mol. The number of halogens is 1. The van der Waals surface area contributed by atoms with E-state index in [2.05, 4.69) is 5.32 Å². The van der Waals surface area contributed by atoms with Crippen molar-refractivity contribution in [1.29, 1.82) is 0 Å². The molecule has 2 aliphatic rings. The fraction of sp³-hybridized carbons (Fsp3) is 0.269. The number of esters is 1. The zero-order chi connectivity index (χ0) is 23.9. The van der Waals surface area contributed by atoms with Gasteiger partial charge in [0.2, 0.25) is 0 Å². The summed E-state index contributed by atoms with van der Waals surface area (Å²) in [6, 6.07) is 21.4. The van der Waals surface area contributed by atoms with Gasteiger partial charge in [-0.05, 0) is 36.2 Å². The van der Waals surface area contributed by atoms with Crippen LogP contribution < -0.4 is 10.1 Å². The molecule has 2 aliphatic heterocycles. The fourth-order valence-corrected chi connectivity index (χ4v) is 5.52. The lowest BCUT2D eigenvalue weighted by molar-refractivity contribution is -0.591. The maximum Gasteiger partial charge on any atom is 0.324 e. The van der Waals surface area contributed by atoms with Gasteiger partial charge in [-0.3, -0.25) is 20.2 Å². The largest absolute Gasteiger partial charge is 0.478 e. The predicted molar refractivity (Wildman–Crippen MR) is 126 cm³/mol. The van der Waals surface area contributed by atoms with Crippen LogP contribution in [0.25, 0.3) is 0 Å². The maximum absolute atomic E-state index is 13.2. The molecule has 0 unspecified atom stereocenters. The molecule has 0 radical (unpaired) electrons. The Hall–Kier alpha value is -3.42. The van der Waals surface area contributed by atoms with Crippen LogP contribution in [-0.2, 0) is 9.53 Å². The predicted octanol–water partition coefficient (Wildman–Crippen LogP) is 4.85.